The molecule has 0 spiro atoms. The van der Waals surface area contributed by atoms with E-state index in [4.69, 9.17) is 10.8 Å². The van der Waals surface area contributed by atoms with Gasteiger partial charge in [-0.25, -0.2) is 4.98 Å². The van der Waals surface area contributed by atoms with Crippen LogP contribution in [0.3, 0.4) is 0 Å². The van der Waals surface area contributed by atoms with Crippen LogP contribution in [-0.4, -0.2) is 80.6 Å². The average Bonchev–Trinajstić information content (AvgIpc) is 3.23. The Balaban J connectivity index is 1.53. The van der Waals surface area contributed by atoms with Gasteiger partial charge < -0.3 is 20.7 Å². The number of hydrogen-bond donors (Lipinski definition) is 3. The molecular formula is C30H46N6O4. The SMILES string of the molecule is CC1CC[C@@H](C[C@H](C)n2c(=O)c(NCCN(CC(N)=O)CC(=O)O)nc3ccccc32)N1C1CCCCCCC1. The summed E-state index contributed by atoms with van der Waals surface area (Å²) in [5.74, 6) is -1.41. The highest BCUT2D eigenvalue weighted by Crippen LogP contribution is 2.35. The fraction of sp³-hybridized carbons (Fsp3) is 0.667. The van der Waals surface area contributed by atoms with E-state index in [1.54, 1.807) is 0 Å². The van der Waals surface area contributed by atoms with E-state index in [0.717, 1.165) is 23.9 Å². The summed E-state index contributed by atoms with van der Waals surface area (Å²) in [5.41, 5.74) is 6.63. The molecule has 3 atom stereocenters. The number of nitrogens with zero attached hydrogens (tertiary/aromatic N) is 4. The van der Waals surface area contributed by atoms with Gasteiger partial charge in [-0.05, 0) is 58.1 Å². The number of rotatable bonds is 12. The second-order valence-corrected chi connectivity index (χ2v) is 11.7. The monoisotopic (exact) mass is 554 g/mol. The molecule has 10 heteroatoms. The molecule has 4 N–H and O–H groups in total. The van der Waals surface area contributed by atoms with Crippen molar-refractivity contribution in [2.45, 2.75) is 102 Å². The lowest BCUT2D eigenvalue weighted by molar-refractivity contribution is -0.138. The number of hydrogen-bond acceptors (Lipinski definition) is 7. The molecule has 10 nitrogen and oxygen atoms in total. The molecule has 4 rings (SSSR count). The van der Waals surface area contributed by atoms with E-state index in [9.17, 15) is 14.4 Å². The van der Waals surface area contributed by atoms with Crippen LogP contribution >= 0.6 is 0 Å². The van der Waals surface area contributed by atoms with Gasteiger partial charge in [0.2, 0.25) is 5.91 Å². The first-order valence-corrected chi connectivity index (χ1v) is 15.0. The molecule has 1 aliphatic carbocycles. The van der Waals surface area contributed by atoms with Crippen LogP contribution in [0.1, 0.15) is 84.1 Å². The van der Waals surface area contributed by atoms with Gasteiger partial charge in [0.1, 0.15) is 0 Å². The van der Waals surface area contributed by atoms with E-state index in [-0.39, 0.29) is 43.6 Å². The van der Waals surface area contributed by atoms with Gasteiger partial charge in [-0.2, -0.15) is 0 Å². The number of aliphatic carboxylic acids is 1. The molecule has 220 valence electrons. The summed E-state index contributed by atoms with van der Waals surface area (Å²) in [4.78, 5) is 45.2. The predicted octanol–water partition coefficient (Wildman–Crippen LogP) is 3.60. The van der Waals surface area contributed by atoms with Crippen LogP contribution in [0, 0.1) is 0 Å². The maximum Gasteiger partial charge on any atom is 0.317 e. The minimum Gasteiger partial charge on any atom is -0.480 e. The van der Waals surface area contributed by atoms with Crippen LogP contribution in [0.4, 0.5) is 5.82 Å². The maximum atomic E-state index is 13.8. The summed E-state index contributed by atoms with van der Waals surface area (Å²) in [5, 5.41) is 12.3. The maximum absolute atomic E-state index is 13.8. The van der Waals surface area contributed by atoms with Gasteiger partial charge in [0.15, 0.2) is 5.82 Å². The van der Waals surface area contributed by atoms with Crippen molar-refractivity contribution in [3.63, 3.8) is 0 Å². The number of nitrogens with one attached hydrogen (secondary N) is 1. The number of anilines is 1. The summed E-state index contributed by atoms with van der Waals surface area (Å²) in [6.07, 6.45) is 12.5. The van der Waals surface area contributed by atoms with Crippen molar-refractivity contribution < 1.29 is 14.7 Å². The summed E-state index contributed by atoms with van der Waals surface area (Å²) in [6.45, 7) is 4.51. The zero-order chi connectivity index (χ0) is 28.6. The van der Waals surface area contributed by atoms with E-state index in [1.807, 2.05) is 28.8 Å². The van der Waals surface area contributed by atoms with Crippen molar-refractivity contribution in [2.24, 2.45) is 5.73 Å². The predicted molar refractivity (Wildman–Crippen MR) is 158 cm³/mol. The molecule has 1 aromatic carbocycles. The van der Waals surface area contributed by atoms with Crippen LogP contribution in [-0.2, 0) is 9.59 Å². The first-order valence-electron chi connectivity index (χ1n) is 15.0. The Bertz CT molecular complexity index is 1190. The molecular weight excluding hydrogens is 508 g/mol. The number of fused-ring (bicyclic) bond motifs is 1. The summed E-state index contributed by atoms with van der Waals surface area (Å²) in [6, 6.07) is 9.33. The smallest absolute Gasteiger partial charge is 0.317 e. The van der Waals surface area contributed by atoms with Crippen LogP contribution in [0.5, 0.6) is 0 Å². The minimum atomic E-state index is -1.05. The van der Waals surface area contributed by atoms with E-state index in [0.29, 0.717) is 18.1 Å². The number of nitrogens with two attached hydrogens (primary N) is 1. The number of aromatic nitrogens is 2. The molecule has 2 aromatic rings. The number of carbonyl (C=O) groups is 2. The Morgan fingerprint density at radius 2 is 1.80 bits per heavy atom. The van der Waals surface area contributed by atoms with Crippen molar-refractivity contribution in [1.29, 1.82) is 0 Å². The van der Waals surface area contributed by atoms with Gasteiger partial charge in [-0.1, -0.05) is 44.2 Å². The topological polar surface area (TPSA) is 134 Å². The number of amides is 1. The highest BCUT2D eigenvalue weighted by Gasteiger charge is 2.36. The Labute approximate surface area is 236 Å². The Morgan fingerprint density at radius 1 is 1.10 bits per heavy atom. The van der Waals surface area contributed by atoms with Crippen molar-refractivity contribution in [3.8, 4) is 0 Å². The third kappa shape index (κ3) is 7.60. The molecule has 1 amide bonds. The molecule has 1 aliphatic heterocycles. The Hall–Kier alpha value is -2.98. The quantitative estimate of drug-likeness (QED) is 0.362. The number of para-hydroxylation sites is 2. The van der Waals surface area contributed by atoms with Gasteiger partial charge in [-0.3, -0.25) is 24.2 Å². The number of likely N-dealkylation sites (tertiary alicyclic amines) is 1. The Kier molecular flexibility index (Phi) is 10.6. The summed E-state index contributed by atoms with van der Waals surface area (Å²) >= 11 is 0. The second-order valence-electron chi connectivity index (χ2n) is 11.7. The number of primary amides is 1. The largest absolute Gasteiger partial charge is 0.480 e. The normalized spacial score (nSPS) is 21.8. The van der Waals surface area contributed by atoms with Gasteiger partial charge in [-0.15, -0.1) is 0 Å². The molecule has 2 fully saturated rings. The summed E-state index contributed by atoms with van der Waals surface area (Å²) < 4.78 is 1.88. The van der Waals surface area contributed by atoms with E-state index in [2.05, 4.69) is 29.0 Å². The van der Waals surface area contributed by atoms with Crippen LogP contribution in [0.2, 0.25) is 0 Å². The number of benzene rings is 1. The van der Waals surface area contributed by atoms with Gasteiger partial charge >= 0.3 is 5.97 Å². The number of carbonyl (C=O) groups excluding carboxylic acids is 1. The lowest BCUT2D eigenvalue weighted by Crippen LogP contribution is -2.44. The minimum absolute atomic E-state index is 0.0225. The van der Waals surface area contributed by atoms with Crippen LogP contribution in [0.15, 0.2) is 29.1 Å². The standard InChI is InChI=1S/C30H46N6O4/c1-21-14-15-24(35(21)23-10-6-4-3-5-7-11-23)18-22(2)36-26-13-9-8-12-25(26)33-29(30(36)40)32-16-17-34(19-27(31)37)20-28(38)39/h8-9,12-13,21-24H,3-7,10-11,14-20H2,1-2H3,(H2,31,37)(H,32,33)(H,38,39)/t21?,22-,24-/m0/s1. The lowest BCUT2D eigenvalue weighted by Gasteiger charge is -2.38. The zero-order valence-corrected chi connectivity index (χ0v) is 24.1. The van der Waals surface area contributed by atoms with Crippen LogP contribution in [0.25, 0.3) is 11.0 Å². The highest BCUT2D eigenvalue weighted by atomic mass is 16.4. The molecule has 40 heavy (non-hydrogen) atoms. The molecule has 1 aromatic heterocycles. The van der Waals surface area contributed by atoms with Gasteiger partial charge in [0, 0.05) is 37.3 Å². The Morgan fingerprint density at radius 3 is 2.50 bits per heavy atom. The molecule has 0 radical (unpaired) electrons. The number of carboxylic acids is 1. The third-order valence-electron chi connectivity index (χ3n) is 8.65. The van der Waals surface area contributed by atoms with Crippen molar-refractivity contribution in [2.75, 3.05) is 31.5 Å². The van der Waals surface area contributed by atoms with Crippen molar-refractivity contribution >= 4 is 28.7 Å². The second kappa shape index (κ2) is 14.1. The zero-order valence-electron chi connectivity index (χ0n) is 24.1. The van der Waals surface area contributed by atoms with Crippen LogP contribution < -0.4 is 16.6 Å². The molecule has 2 heterocycles. The fourth-order valence-electron chi connectivity index (χ4n) is 6.89. The highest BCUT2D eigenvalue weighted by molar-refractivity contribution is 5.77. The average molecular weight is 555 g/mol. The first-order chi connectivity index (χ1) is 19.2. The molecule has 0 bridgehead atoms. The molecule has 1 unspecified atom stereocenters. The first kappa shape index (κ1) is 30.0. The molecule has 1 saturated carbocycles. The molecule has 2 aliphatic rings. The fourth-order valence-corrected chi connectivity index (χ4v) is 6.89. The van der Waals surface area contributed by atoms with E-state index in [1.165, 1.54) is 56.3 Å². The van der Waals surface area contributed by atoms with Crippen molar-refractivity contribution in [1.82, 2.24) is 19.4 Å². The number of carboxylic acid groups (broad SMARTS) is 1. The molecule has 1 saturated heterocycles. The van der Waals surface area contributed by atoms with E-state index >= 15 is 0 Å². The van der Waals surface area contributed by atoms with Gasteiger partial charge in [0.05, 0.1) is 24.1 Å². The van der Waals surface area contributed by atoms with E-state index < -0.39 is 11.9 Å². The lowest BCUT2D eigenvalue weighted by atomic mass is 9.94. The summed E-state index contributed by atoms with van der Waals surface area (Å²) in [7, 11) is 0. The van der Waals surface area contributed by atoms with Crippen molar-refractivity contribution in [3.05, 3.63) is 34.6 Å². The van der Waals surface area contributed by atoms with Gasteiger partial charge in [0.25, 0.3) is 5.56 Å². The third-order valence-corrected chi connectivity index (χ3v) is 8.65.